The molecule has 112 valence electrons. The SMILES string of the molecule is CCCCN(CC)C(=O)c1cc2ccccc2c(NC)n1. The number of rotatable bonds is 6. The van der Waals surface area contributed by atoms with E-state index in [2.05, 4.69) is 17.2 Å². The van der Waals surface area contributed by atoms with Crippen LogP contribution in [0.2, 0.25) is 0 Å². The first-order chi connectivity index (χ1) is 10.2. The van der Waals surface area contributed by atoms with Crippen LogP contribution in [0.4, 0.5) is 5.82 Å². The number of aromatic nitrogens is 1. The van der Waals surface area contributed by atoms with Gasteiger partial charge in [0, 0.05) is 25.5 Å². The average molecular weight is 285 g/mol. The predicted octanol–water partition coefficient (Wildman–Crippen LogP) is 3.54. The summed E-state index contributed by atoms with van der Waals surface area (Å²) >= 11 is 0. The first kappa shape index (κ1) is 15.3. The van der Waals surface area contributed by atoms with Gasteiger partial charge in [-0.05, 0) is 24.8 Å². The van der Waals surface area contributed by atoms with Crippen LogP contribution in [0.25, 0.3) is 10.8 Å². The van der Waals surface area contributed by atoms with Crippen LogP contribution in [0.5, 0.6) is 0 Å². The Balaban J connectivity index is 2.38. The van der Waals surface area contributed by atoms with Gasteiger partial charge in [-0.3, -0.25) is 4.79 Å². The van der Waals surface area contributed by atoms with Gasteiger partial charge < -0.3 is 10.2 Å². The van der Waals surface area contributed by atoms with Crippen molar-refractivity contribution < 1.29 is 4.79 Å². The number of nitrogens with one attached hydrogen (secondary N) is 1. The summed E-state index contributed by atoms with van der Waals surface area (Å²) < 4.78 is 0. The highest BCUT2D eigenvalue weighted by molar-refractivity contribution is 6.00. The standard InChI is InChI=1S/C17H23N3O/c1-4-6-11-20(5-2)17(21)15-12-13-9-7-8-10-14(13)16(18-3)19-15/h7-10,12H,4-6,11H2,1-3H3,(H,18,19). The molecule has 0 radical (unpaired) electrons. The number of amides is 1. The van der Waals surface area contributed by atoms with Crippen molar-refractivity contribution in [3.63, 3.8) is 0 Å². The molecule has 1 amide bonds. The van der Waals surface area contributed by atoms with Crippen molar-refractivity contribution >= 4 is 22.5 Å². The Kier molecular flexibility index (Phi) is 5.14. The van der Waals surface area contributed by atoms with Gasteiger partial charge in [0.2, 0.25) is 0 Å². The quantitative estimate of drug-likeness (QED) is 0.883. The minimum Gasteiger partial charge on any atom is -0.373 e. The summed E-state index contributed by atoms with van der Waals surface area (Å²) in [5.41, 5.74) is 0.510. The molecular formula is C17H23N3O. The number of unbranched alkanes of at least 4 members (excludes halogenated alkanes) is 1. The monoisotopic (exact) mass is 285 g/mol. The number of hydrogen-bond donors (Lipinski definition) is 1. The molecule has 0 aliphatic carbocycles. The van der Waals surface area contributed by atoms with Crippen molar-refractivity contribution in [2.24, 2.45) is 0 Å². The number of hydrogen-bond acceptors (Lipinski definition) is 3. The van der Waals surface area contributed by atoms with Gasteiger partial charge in [-0.15, -0.1) is 0 Å². The Labute approximate surface area is 126 Å². The van der Waals surface area contributed by atoms with Gasteiger partial charge in [0.25, 0.3) is 5.91 Å². The second kappa shape index (κ2) is 7.07. The molecule has 1 aromatic carbocycles. The van der Waals surface area contributed by atoms with Crippen LogP contribution in [0.3, 0.4) is 0 Å². The molecule has 0 bridgehead atoms. The molecule has 0 aliphatic heterocycles. The maximum Gasteiger partial charge on any atom is 0.272 e. The van der Waals surface area contributed by atoms with Gasteiger partial charge in [-0.2, -0.15) is 0 Å². The highest BCUT2D eigenvalue weighted by atomic mass is 16.2. The minimum absolute atomic E-state index is 0.00760. The highest BCUT2D eigenvalue weighted by Crippen LogP contribution is 2.22. The fourth-order valence-corrected chi connectivity index (χ4v) is 2.41. The third-order valence-corrected chi connectivity index (χ3v) is 3.65. The van der Waals surface area contributed by atoms with Gasteiger partial charge in [0.05, 0.1) is 0 Å². The molecule has 4 heteroatoms. The number of pyridine rings is 1. The average Bonchev–Trinajstić information content (AvgIpc) is 2.54. The second-order valence-electron chi connectivity index (χ2n) is 5.07. The van der Waals surface area contributed by atoms with Crippen molar-refractivity contribution in [1.29, 1.82) is 0 Å². The lowest BCUT2D eigenvalue weighted by atomic mass is 10.1. The zero-order valence-corrected chi connectivity index (χ0v) is 13.0. The van der Waals surface area contributed by atoms with Gasteiger partial charge in [-0.25, -0.2) is 4.98 Å². The molecule has 0 saturated heterocycles. The molecule has 1 aromatic heterocycles. The van der Waals surface area contributed by atoms with Crippen molar-refractivity contribution in [3.8, 4) is 0 Å². The molecule has 0 aliphatic rings. The van der Waals surface area contributed by atoms with E-state index in [0.29, 0.717) is 12.2 Å². The van der Waals surface area contributed by atoms with Crippen LogP contribution in [0.15, 0.2) is 30.3 Å². The first-order valence-corrected chi connectivity index (χ1v) is 7.58. The fourth-order valence-electron chi connectivity index (χ4n) is 2.41. The molecule has 0 unspecified atom stereocenters. The zero-order valence-electron chi connectivity index (χ0n) is 13.0. The van der Waals surface area contributed by atoms with E-state index in [1.54, 1.807) is 0 Å². The molecular weight excluding hydrogens is 262 g/mol. The summed E-state index contributed by atoms with van der Waals surface area (Å²) in [6.07, 6.45) is 2.10. The molecule has 0 saturated carbocycles. The Hall–Kier alpha value is -2.10. The minimum atomic E-state index is 0.00760. The van der Waals surface area contributed by atoms with Gasteiger partial charge >= 0.3 is 0 Å². The predicted molar refractivity (Wildman–Crippen MR) is 87.8 cm³/mol. The molecule has 0 fully saturated rings. The summed E-state index contributed by atoms with van der Waals surface area (Å²) in [5.74, 6) is 0.760. The van der Waals surface area contributed by atoms with E-state index >= 15 is 0 Å². The number of fused-ring (bicyclic) bond motifs is 1. The normalized spacial score (nSPS) is 10.6. The zero-order chi connectivity index (χ0) is 15.2. The van der Waals surface area contributed by atoms with Crippen molar-refractivity contribution in [2.45, 2.75) is 26.7 Å². The molecule has 21 heavy (non-hydrogen) atoms. The molecule has 2 aromatic rings. The first-order valence-electron chi connectivity index (χ1n) is 7.58. The molecule has 0 atom stereocenters. The van der Waals surface area contributed by atoms with E-state index < -0.39 is 0 Å². The number of benzene rings is 1. The Bertz CT molecular complexity index is 624. The van der Waals surface area contributed by atoms with E-state index in [0.717, 1.165) is 36.0 Å². The third kappa shape index (κ3) is 3.32. The molecule has 1 N–H and O–H groups in total. The maximum atomic E-state index is 12.6. The number of carbonyl (C=O) groups is 1. The Morgan fingerprint density at radius 3 is 2.71 bits per heavy atom. The van der Waals surface area contributed by atoms with Crippen LogP contribution >= 0.6 is 0 Å². The largest absolute Gasteiger partial charge is 0.373 e. The van der Waals surface area contributed by atoms with Crippen LogP contribution in [0.1, 0.15) is 37.2 Å². The van der Waals surface area contributed by atoms with Gasteiger partial charge in [-0.1, -0.05) is 37.6 Å². The van der Waals surface area contributed by atoms with E-state index in [1.165, 1.54) is 0 Å². The van der Waals surface area contributed by atoms with Crippen molar-refractivity contribution in [1.82, 2.24) is 9.88 Å². The smallest absolute Gasteiger partial charge is 0.272 e. The lowest BCUT2D eigenvalue weighted by Gasteiger charge is -2.20. The fraction of sp³-hybridized carbons (Fsp3) is 0.412. The molecule has 0 spiro atoms. The van der Waals surface area contributed by atoms with E-state index in [9.17, 15) is 4.79 Å². The summed E-state index contributed by atoms with van der Waals surface area (Å²) in [4.78, 5) is 19.0. The van der Waals surface area contributed by atoms with Crippen LogP contribution in [-0.2, 0) is 0 Å². The third-order valence-electron chi connectivity index (χ3n) is 3.65. The topological polar surface area (TPSA) is 45.2 Å². The molecule has 4 nitrogen and oxygen atoms in total. The van der Waals surface area contributed by atoms with E-state index in [-0.39, 0.29) is 5.91 Å². The van der Waals surface area contributed by atoms with E-state index in [1.807, 2.05) is 49.2 Å². The van der Waals surface area contributed by atoms with E-state index in [4.69, 9.17) is 0 Å². The number of nitrogens with zero attached hydrogens (tertiary/aromatic N) is 2. The summed E-state index contributed by atoms with van der Waals surface area (Å²) in [5, 5.41) is 5.15. The lowest BCUT2D eigenvalue weighted by molar-refractivity contribution is 0.0757. The maximum absolute atomic E-state index is 12.6. The Morgan fingerprint density at radius 1 is 1.29 bits per heavy atom. The molecule has 1 heterocycles. The molecule has 2 rings (SSSR count). The summed E-state index contributed by atoms with van der Waals surface area (Å²) in [6, 6.07) is 9.86. The van der Waals surface area contributed by atoms with Crippen LogP contribution in [0, 0.1) is 0 Å². The van der Waals surface area contributed by atoms with Crippen LogP contribution in [-0.4, -0.2) is 35.9 Å². The van der Waals surface area contributed by atoms with Crippen LogP contribution < -0.4 is 5.32 Å². The van der Waals surface area contributed by atoms with Gasteiger partial charge in [0.15, 0.2) is 0 Å². The lowest BCUT2D eigenvalue weighted by Crippen LogP contribution is -2.32. The van der Waals surface area contributed by atoms with Crippen molar-refractivity contribution in [2.75, 3.05) is 25.5 Å². The van der Waals surface area contributed by atoms with Gasteiger partial charge in [0.1, 0.15) is 11.5 Å². The highest BCUT2D eigenvalue weighted by Gasteiger charge is 2.17. The summed E-state index contributed by atoms with van der Waals surface area (Å²) in [7, 11) is 1.83. The number of anilines is 1. The Morgan fingerprint density at radius 2 is 2.05 bits per heavy atom. The second-order valence-corrected chi connectivity index (χ2v) is 5.07. The summed E-state index contributed by atoms with van der Waals surface area (Å²) in [6.45, 7) is 5.64. The number of carbonyl (C=O) groups excluding carboxylic acids is 1. The van der Waals surface area contributed by atoms with Crippen molar-refractivity contribution in [3.05, 3.63) is 36.0 Å².